The molecule has 0 fully saturated rings. The lowest BCUT2D eigenvalue weighted by molar-refractivity contribution is -0.870. The molecule has 71 heavy (non-hydrogen) atoms. The number of allylic oxidation sites excluding steroid dienone is 1. The molecule has 0 saturated carbocycles. The number of aliphatic hydroxyl groups is 1. The van der Waals surface area contributed by atoms with Gasteiger partial charge in [-0.05, 0) is 19.3 Å². The van der Waals surface area contributed by atoms with Crippen LogP contribution in [-0.2, 0) is 18.4 Å². The molecule has 0 aromatic heterocycles. The number of likely N-dealkylation sites (N-methyl/N-ethyl adjacent to an activating group) is 1. The van der Waals surface area contributed by atoms with Gasteiger partial charge in [0.2, 0.25) is 5.91 Å². The maximum Gasteiger partial charge on any atom is 0.472 e. The van der Waals surface area contributed by atoms with Crippen molar-refractivity contribution in [2.24, 2.45) is 0 Å². The minimum atomic E-state index is -4.33. The summed E-state index contributed by atoms with van der Waals surface area (Å²) in [7, 11) is 1.59. The van der Waals surface area contributed by atoms with Crippen molar-refractivity contribution in [2.45, 2.75) is 341 Å². The number of carbonyl (C=O) groups is 1. The number of rotatable bonds is 59. The van der Waals surface area contributed by atoms with Gasteiger partial charge in [0, 0.05) is 6.42 Å². The third-order valence-corrected chi connectivity index (χ3v) is 15.7. The van der Waals surface area contributed by atoms with E-state index in [2.05, 4.69) is 19.2 Å². The Bertz CT molecular complexity index is 1160. The first-order chi connectivity index (χ1) is 34.5. The highest BCUT2D eigenvalue weighted by molar-refractivity contribution is 7.47. The summed E-state index contributed by atoms with van der Waals surface area (Å²) in [4.78, 5) is 23.2. The highest BCUT2D eigenvalue weighted by Gasteiger charge is 2.28. The number of nitrogens with zero attached hydrogens (tertiary/aromatic N) is 1. The lowest BCUT2D eigenvalue weighted by Crippen LogP contribution is -2.45. The minimum absolute atomic E-state index is 0.0645. The first kappa shape index (κ1) is 70.2. The topological polar surface area (TPSA) is 105 Å². The molecule has 0 spiro atoms. The number of hydrogen-bond acceptors (Lipinski definition) is 5. The Balaban J connectivity index is 3.72. The van der Waals surface area contributed by atoms with Crippen LogP contribution in [0.25, 0.3) is 0 Å². The Morgan fingerprint density at radius 3 is 1.04 bits per heavy atom. The number of aliphatic hydroxyl groups excluding tert-OH is 1. The van der Waals surface area contributed by atoms with Gasteiger partial charge in [0.1, 0.15) is 13.2 Å². The van der Waals surface area contributed by atoms with Gasteiger partial charge >= 0.3 is 7.82 Å². The number of quaternary nitrogens is 1. The number of carbonyl (C=O) groups excluding carboxylic acids is 1. The van der Waals surface area contributed by atoms with E-state index >= 15 is 0 Å². The smallest absolute Gasteiger partial charge is 0.387 e. The van der Waals surface area contributed by atoms with E-state index in [-0.39, 0.29) is 19.1 Å². The van der Waals surface area contributed by atoms with Crippen LogP contribution in [0.15, 0.2) is 12.2 Å². The number of unbranched alkanes of at least 4 members (excludes halogenated alkanes) is 46. The lowest BCUT2D eigenvalue weighted by Gasteiger charge is -2.25. The molecule has 0 heterocycles. The molecule has 3 N–H and O–H groups in total. The summed E-state index contributed by atoms with van der Waals surface area (Å²) in [6.07, 6.45) is 68.1. The molecule has 9 heteroatoms. The Kier molecular flexibility index (Phi) is 53.5. The zero-order valence-electron chi connectivity index (χ0n) is 48.5. The van der Waals surface area contributed by atoms with Gasteiger partial charge in [-0.15, -0.1) is 0 Å². The quantitative estimate of drug-likeness (QED) is 0.0243. The van der Waals surface area contributed by atoms with E-state index in [1.165, 1.54) is 270 Å². The lowest BCUT2D eigenvalue weighted by atomic mass is 10.0. The minimum Gasteiger partial charge on any atom is -0.387 e. The number of hydrogen-bond donors (Lipinski definition) is 3. The summed E-state index contributed by atoms with van der Waals surface area (Å²) in [6, 6.07) is -0.840. The summed E-state index contributed by atoms with van der Waals surface area (Å²) in [5.41, 5.74) is 0. The molecule has 0 saturated heterocycles. The summed E-state index contributed by atoms with van der Waals surface area (Å²) in [6.45, 7) is 4.82. The average Bonchev–Trinajstić information content (AvgIpc) is 3.33. The molecule has 0 aromatic rings. The van der Waals surface area contributed by atoms with Crippen LogP contribution in [0.4, 0.5) is 0 Å². The molecule has 3 atom stereocenters. The van der Waals surface area contributed by atoms with E-state index in [1.54, 1.807) is 6.08 Å². The number of phosphoric acid groups is 1. The fourth-order valence-corrected chi connectivity index (χ4v) is 10.5. The fourth-order valence-electron chi connectivity index (χ4n) is 9.81. The molecule has 0 aliphatic carbocycles. The SMILES string of the molecule is CCCCCCCCC/C=C/C(O)C(COP(=O)(O)OCC[N+](C)(C)C)NC(=O)CCCCCCCCCCCCCCCCCCCCCCCCCCCCCCCCCCCCCCCCCC. The second-order valence-corrected chi connectivity index (χ2v) is 24.6. The van der Waals surface area contributed by atoms with Gasteiger partial charge in [-0.3, -0.25) is 13.8 Å². The zero-order valence-corrected chi connectivity index (χ0v) is 49.4. The van der Waals surface area contributed by atoms with Gasteiger partial charge in [-0.25, -0.2) is 4.57 Å². The summed E-state index contributed by atoms with van der Waals surface area (Å²) in [5, 5.41) is 13.8. The predicted molar refractivity (Wildman–Crippen MR) is 309 cm³/mol. The van der Waals surface area contributed by atoms with E-state index in [0.29, 0.717) is 17.4 Å². The predicted octanol–water partition coefficient (Wildman–Crippen LogP) is 19.4. The molecule has 0 rings (SSSR count). The van der Waals surface area contributed by atoms with Crippen molar-refractivity contribution in [2.75, 3.05) is 40.9 Å². The Hall–Kier alpha value is -0.760. The van der Waals surface area contributed by atoms with Crippen molar-refractivity contribution in [3.63, 3.8) is 0 Å². The first-order valence-electron chi connectivity index (χ1n) is 31.6. The van der Waals surface area contributed by atoms with Crippen molar-refractivity contribution in [3.05, 3.63) is 12.2 Å². The number of nitrogens with one attached hydrogen (secondary N) is 1. The van der Waals surface area contributed by atoms with Crippen molar-refractivity contribution in [3.8, 4) is 0 Å². The van der Waals surface area contributed by atoms with Crippen LogP contribution < -0.4 is 5.32 Å². The molecule has 0 bridgehead atoms. The summed E-state index contributed by atoms with van der Waals surface area (Å²) >= 11 is 0. The van der Waals surface area contributed by atoms with E-state index in [0.717, 1.165) is 38.5 Å². The molecule has 424 valence electrons. The van der Waals surface area contributed by atoms with Gasteiger partial charge in [0.15, 0.2) is 0 Å². The van der Waals surface area contributed by atoms with Crippen molar-refractivity contribution in [1.82, 2.24) is 5.32 Å². The maximum atomic E-state index is 12.9. The molecular weight excluding hydrogens is 900 g/mol. The fraction of sp³-hybridized carbons (Fsp3) is 0.952. The van der Waals surface area contributed by atoms with E-state index in [4.69, 9.17) is 9.05 Å². The number of amides is 1. The standard InChI is InChI=1S/C62H125N2O6P/c1-6-8-10-12-14-16-17-18-19-20-21-22-23-24-25-26-27-28-29-30-31-32-33-34-35-36-37-38-39-40-41-42-43-44-45-46-48-50-52-54-56-62(66)63-60(59-70-71(67,68)69-58-57-64(3,4)5)61(65)55-53-51-49-47-15-13-11-9-7-2/h53,55,60-61,65H,6-52,54,56-59H2,1-5H3,(H-,63,66,67,68)/p+1/b55-53+. The maximum absolute atomic E-state index is 12.9. The second kappa shape index (κ2) is 54.0. The number of phosphoric ester groups is 1. The van der Waals surface area contributed by atoms with Crippen LogP contribution in [-0.4, -0.2) is 73.4 Å². The van der Waals surface area contributed by atoms with Crippen LogP contribution in [0.3, 0.4) is 0 Å². The highest BCUT2D eigenvalue weighted by Crippen LogP contribution is 2.43. The van der Waals surface area contributed by atoms with Gasteiger partial charge in [0.25, 0.3) is 0 Å². The van der Waals surface area contributed by atoms with Crippen molar-refractivity contribution >= 4 is 13.7 Å². The largest absolute Gasteiger partial charge is 0.472 e. The molecule has 0 aromatic carbocycles. The normalized spacial score (nSPS) is 13.8. The molecular formula is C62H126N2O6P+. The van der Waals surface area contributed by atoms with E-state index < -0.39 is 20.0 Å². The highest BCUT2D eigenvalue weighted by atomic mass is 31.2. The Morgan fingerprint density at radius 1 is 0.465 bits per heavy atom. The summed E-state index contributed by atoms with van der Waals surface area (Å²) < 4.78 is 23.6. The Labute approximate surface area is 443 Å². The first-order valence-corrected chi connectivity index (χ1v) is 33.1. The van der Waals surface area contributed by atoms with Crippen LogP contribution in [0, 0.1) is 0 Å². The molecule has 3 unspecified atom stereocenters. The third kappa shape index (κ3) is 56.8. The molecule has 8 nitrogen and oxygen atoms in total. The van der Waals surface area contributed by atoms with E-state index in [1.807, 2.05) is 27.2 Å². The Morgan fingerprint density at radius 2 is 0.746 bits per heavy atom. The molecule has 1 amide bonds. The van der Waals surface area contributed by atoms with Gasteiger partial charge in [0.05, 0.1) is 39.9 Å². The average molecular weight is 1030 g/mol. The molecule has 0 aliphatic rings. The van der Waals surface area contributed by atoms with E-state index in [9.17, 15) is 19.4 Å². The van der Waals surface area contributed by atoms with Crippen molar-refractivity contribution < 1.29 is 32.9 Å². The summed E-state index contributed by atoms with van der Waals surface area (Å²) in [5.74, 6) is -0.173. The van der Waals surface area contributed by atoms with Crippen LogP contribution >= 0.6 is 7.82 Å². The van der Waals surface area contributed by atoms with Crippen LogP contribution in [0.1, 0.15) is 328 Å². The zero-order chi connectivity index (χ0) is 52.0. The molecule has 0 radical (unpaired) electrons. The monoisotopic (exact) mass is 1030 g/mol. The van der Waals surface area contributed by atoms with Gasteiger partial charge < -0.3 is 19.8 Å². The third-order valence-electron chi connectivity index (χ3n) is 14.8. The van der Waals surface area contributed by atoms with Gasteiger partial charge in [-0.2, -0.15) is 0 Å². The van der Waals surface area contributed by atoms with Crippen molar-refractivity contribution in [1.29, 1.82) is 0 Å². The molecule has 0 aliphatic heterocycles. The van der Waals surface area contributed by atoms with Crippen LogP contribution in [0.5, 0.6) is 0 Å². The second-order valence-electron chi connectivity index (χ2n) is 23.2. The van der Waals surface area contributed by atoms with Crippen LogP contribution in [0.2, 0.25) is 0 Å². The van der Waals surface area contributed by atoms with Gasteiger partial charge in [-0.1, -0.05) is 315 Å².